The van der Waals surface area contributed by atoms with Crippen molar-refractivity contribution in [3.05, 3.63) is 5.01 Å². The SMILES string of the molecule is Nc1nnc(CC2CCOC2)s1. The van der Waals surface area contributed by atoms with Crippen LogP contribution in [0.5, 0.6) is 0 Å². The molecule has 2 N–H and O–H groups in total. The molecule has 5 heteroatoms. The maximum Gasteiger partial charge on any atom is 0.203 e. The molecule has 1 atom stereocenters. The third-order valence-corrected chi connectivity index (χ3v) is 2.74. The monoisotopic (exact) mass is 185 g/mol. The minimum atomic E-state index is 0.559. The lowest BCUT2D eigenvalue weighted by Gasteiger charge is -2.01. The van der Waals surface area contributed by atoms with Crippen LogP contribution in [0.15, 0.2) is 0 Å². The van der Waals surface area contributed by atoms with E-state index in [9.17, 15) is 0 Å². The van der Waals surface area contributed by atoms with Crippen LogP contribution in [-0.4, -0.2) is 23.4 Å². The molecule has 1 aliphatic rings. The molecule has 0 amide bonds. The van der Waals surface area contributed by atoms with Crippen LogP contribution in [-0.2, 0) is 11.2 Å². The Morgan fingerprint density at radius 3 is 3.08 bits per heavy atom. The van der Waals surface area contributed by atoms with Crippen LogP contribution < -0.4 is 5.73 Å². The number of rotatable bonds is 2. The zero-order chi connectivity index (χ0) is 8.39. The number of hydrogen-bond donors (Lipinski definition) is 1. The van der Waals surface area contributed by atoms with Gasteiger partial charge in [0.15, 0.2) is 0 Å². The van der Waals surface area contributed by atoms with Crippen LogP contribution in [0.3, 0.4) is 0 Å². The van der Waals surface area contributed by atoms with Crippen molar-refractivity contribution >= 4 is 16.5 Å². The maximum absolute atomic E-state index is 5.47. The Bertz CT molecular complexity index is 257. The van der Waals surface area contributed by atoms with Gasteiger partial charge in [0.05, 0.1) is 0 Å². The van der Waals surface area contributed by atoms with Gasteiger partial charge in [0, 0.05) is 19.6 Å². The standard InChI is InChI=1S/C7H11N3OS/c8-7-10-9-6(12-7)3-5-1-2-11-4-5/h5H,1-4H2,(H2,8,10). The first-order chi connectivity index (χ1) is 5.84. The molecule has 0 aliphatic carbocycles. The summed E-state index contributed by atoms with van der Waals surface area (Å²) in [7, 11) is 0. The number of nitrogens with zero attached hydrogens (tertiary/aromatic N) is 2. The highest BCUT2D eigenvalue weighted by atomic mass is 32.1. The molecule has 0 saturated carbocycles. The van der Waals surface area contributed by atoms with E-state index in [2.05, 4.69) is 10.2 Å². The first-order valence-electron chi connectivity index (χ1n) is 4.00. The van der Waals surface area contributed by atoms with Crippen molar-refractivity contribution in [1.29, 1.82) is 0 Å². The first-order valence-corrected chi connectivity index (χ1v) is 4.82. The first kappa shape index (κ1) is 7.94. The highest BCUT2D eigenvalue weighted by Gasteiger charge is 2.17. The van der Waals surface area contributed by atoms with Gasteiger partial charge in [0.2, 0.25) is 5.13 Å². The molecule has 0 radical (unpaired) electrons. The van der Waals surface area contributed by atoms with Crippen LogP contribution in [0.25, 0.3) is 0 Å². The van der Waals surface area contributed by atoms with Crippen LogP contribution in [0.2, 0.25) is 0 Å². The van der Waals surface area contributed by atoms with Crippen molar-refractivity contribution in [2.75, 3.05) is 18.9 Å². The quantitative estimate of drug-likeness (QED) is 0.736. The van der Waals surface area contributed by atoms with Gasteiger partial charge in [-0.05, 0) is 12.3 Å². The number of anilines is 1. The minimum absolute atomic E-state index is 0.559. The highest BCUT2D eigenvalue weighted by molar-refractivity contribution is 7.15. The molecule has 12 heavy (non-hydrogen) atoms. The number of ether oxygens (including phenoxy) is 1. The van der Waals surface area contributed by atoms with Gasteiger partial charge >= 0.3 is 0 Å². The third kappa shape index (κ3) is 1.73. The lowest BCUT2D eigenvalue weighted by Crippen LogP contribution is -2.02. The summed E-state index contributed by atoms with van der Waals surface area (Å²) in [5.41, 5.74) is 5.47. The minimum Gasteiger partial charge on any atom is -0.381 e. The summed E-state index contributed by atoms with van der Waals surface area (Å²) < 4.78 is 5.26. The van der Waals surface area contributed by atoms with Crippen molar-refractivity contribution in [2.24, 2.45) is 5.92 Å². The molecule has 1 unspecified atom stereocenters. The zero-order valence-corrected chi connectivity index (χ0v) is 7.51. The Kier molecular flexibility index (Phi) is 2.23. The summed E-state index contributed by atoms with van der Waals surface area (Å²) in [4.78, 5) is 0. The molecule has 0 bridgehead atoms. The fraction of sp³-hybridized carbons (Fsp3) is 0.714. The Hall–Kier alpha value is -0.680. The van der Waals surface area contributed by atoms with E-state index in [-0.39, 0.29) is 0 Å². The predicted octanol–water partition coefficient (Wildman–Crippen LogP) is 0.699. The molecule has 4 nitrogen and oxygen atoms in total. The third-order valence-electron chi connectivity index (χ3n) is 1.97. The molecule has 0 spiro atoms. The average Bonchev–Trinajstić information content (AvgIpc) is 2.63. The fourth-order valence-corrected chi connectivity index (χ4v) is 2.06. The largest absolute Gasteiger partial charge is 0.381 e. The number of nitrogens with two attached hydrogens (primary N) is 1. The second-order valence-electron chi connectivity index (χ2n) is 2.97. The molecular formula is C7H11N3OS. The summed E-state index contributed by atoms with van der Waals surface area (Å²) in [5, 5.41) is 9.32. The van der Waals surface area contributed by atoms with Crippen LogP contribution in [0, 0.1) is 5.92 Å². The topological polar surface area (TPSA) is 61.0 Å². The van der Waals surface area contributed by atoms with Gasteiger partial charge in [0.25, 0.3) is 0 Å². The molecule has 1 fully saturated rings. The molecule has 1 saturated heterocycles. The van der Waals surface area contributed by atoms with Crippen LogP contribution in [0.1, 0.15) is 11.4 Å². The molecule has 2 heterocycles. The Labute approximate surface area is 74.8 Å². The van der Waals surface area contributed by atoms with E-state index in [1.807, 2.05) is 0 Å². The zero-order valence-electron chi connectivity index (χ0n) is 6.69. The number of hydrogen-bond acceptors (Lipinski definition) is 5. The number of nitrogen functional groups attached to an aromatic ring is 1. The van der Waals surface area contributed by atoms with Crippen molar-refractivity contribution in [1.82, 2.24) is 10.2 Å². The Morgan fingerprint density at radius 2 is 2.50 bits per heavy atom. The van der Waals surface area contributed by atoms with Gasteiger partial charge in [-0.15, -0.1) is 10.2 Å². The van der Waals surface area contributed by atoms with Crippen molar-refractivity contribution in [3.63, 3.8) is 0 Å². The van der Waals surface area contributed by atoms with Gasteiger partial charge < -0.3 is 10.5 Å². The maximum atomic E-state index is 5.47. The normalized spacial score (nSPS) is 23.2. The molecule has 66 valence electrons. The fourth-order valence-electron chi connectivity index (χ4n) is 1.34. The lowest BCUT2D eigenvalue weighted by atomic mass is 10.1. The molecular weight excluding hydrogens is 174 g/mol. The van der Waals surface area contributed by atoms with Gasteiger partial charge in [-0.25, -0.2) is 0 Å². The van der Waals surface area contributed by atoms with E-state index in [4.69, 9.17) is 10.5 Å². The van der Waals surface area contributed by atoms with Gasteiger partial charge in [-0.2, -0.15) is 0 Å². The summed E-state index contributed by atoms with van der Waals surface area (Å²) >= 11 is 1.47. The van der Waals surface area contributed by atoms with E-state index >= 15 is 0 Å². The van der Waals surface area contributed by atoms with E-state index in [1.54, 1.807) is 0 Å². The van der Waals surface area contributed by atoms with Crippen LogP contribution in [0.4, 0.5) is 5.13 Å². The summed E-state index contributed by atoms with van der Waals surface area (Å²) in [6.45, 7) is 1.75. The summed E-state index contributed by atoms with van der Waals surface area (Å²) in [6, 6.07) is 0. The molecule has 1 aromatic rings. The van der Waals surface area contributed by atoms with Gasteiger partial charge in [-0.1, -0.05) is 11.3 Å². The molecule has 1 aliphatic heterocycles. The van der Waals surface area contributed by atoms with Crippen molar-refractivity contribution in [3.8, 4) is 0 Å². The Balaban J connectivity index is 1.94. The van der Waals surface area contributed by atoms with Gasteiger partial charge in [-0.3, -0.25) is 0 Å². The summed E-state index contributed by atoms with van der Waals surface area (Å²) in [6.07, 6.45) is 2.11. The van der Waals surface area contributed by atoms with Crippen molar-refractivity contribution < 1.29 is 4.74 Å². The van der Waals surface area contributed by atoms with E-state index in [0.29, 0.717) is 11.0 Å². The van der Waals surface area contributed by atoms with Crippen LogP contribution >= 0.6 is 11.3 Å². The molecule has 1 aromatic heterocycles. The van der Waals surface area contributed by atoms with E-state index in [0.717, 1.165) is 31.1 Å². The van der Waals surface area contributed by atoms with Gasteiger partial charge in [0.1, 0.15) is 5.01 Å². The number of aromatic nitrogens is 2. The highest BCUT2D eigenvalue weighted by Crippen LogP contribution is 2.20. The summed E-state index contributed by atoms with van der Waals surface area (Å²) in [5.74, 6) is 0.623. The second kappa shape index (κ2) is 3.37. The lowest BCUT2D eigenvalue weighted by molar-refractivity contribution is 0.186. The second-order valence-corrected chi connectivity index (χ2v) is 4.06. The predicted molar refractivity (Wildman–Crippen MR) is 47.0 cm³/mol. The molecule has 0 aromatic carbocycles. The molecule has 2 rings (SSSR count). The smallest absolute Gasteiger partial charge is 0.203 e. The van der Waals surface area contributed by atoms with Crippen molar-refractivity contribution in [2.45, 2.75) is 12.8 Å². The average molecular weight is 185 g/mol. The van der Waals surface area contributed by atoms with E-state index < -0.39 is 0 Å². The Morgan fingerprint density at radius 1 is 1.58 bits per heavy atom. The van der Waals surface area contributed by atoms with E-state index in [1.165, 1.54) is 11.3 Å².